The van der Waals surface area contributed by atoms with Gasteiger partial charge in [-0.05, 0) is 31.5 Å². The van der Waals surface area contributed by atoms with Crippen LogP contribution < -0.4 is 15.4 Å². The maximum absolute atomic E-state index is 12.0. The molecule has 1 atom stereocenters. The van der Waals surface area contributed by atoms with Gasteiger partial charge in [0.2, 0.25) is 5.91 Å². The summed E-state index contributed by atoms with van der Waals surface area (Å²) in [4.78, 5) is 23.1. The average molecular weight is 264 g/mol. The zero-order valence-electron chi connectivity index (χ0n) is 11.7. The number of carbonyl (C=O) groups is 2. The van der Waals surface area contributed by atoms with Gasteiger partial charge in [-0.25, -0.2) is 0 Å². The van der Waals surface area contributed by atoms with E-state index in [0.717, 1.165) is 6.42 Å². The second kappa shape index (κ2) is 6.78. The molecular weight excluding hydrogens is 244 g/mol. The van der Waals surface area contributed by atoms with Crippen molar-refractivity contribution in [1.29, 1.82) is 0 Å². The van der Waals surface area contributed by atoms with Crippen molar-refractivity contribution in [1.82, 2.24) is 5.32 Å². The molecule has 19 heavy (non-hydrogen) atoms. The molecule has 0 aliphatic carbocycles. The molecular formula is C14H20N2O3. The maximum Gasteiger partial charge on any atom is 0.251 e. The van der Waals surface area contributed by atoms with Crippen LogP contribution in [0, 0.1) is 0 Å². The predicted octanol–water partition coefficient (Wildman–Crippen LogP) is 2.18. The van der Waals surface area contributed by atoms with Crippen LogP contribution in [0.5, 0.6) is 5.75 Å². The Labute approximate surface area is 113 Å². The molecule has 0 bridgehead atoms. The van der Waals surface area contributed by atoms with E-state index in [0.29, 0.717) is 17.0 Å². The summed E-state index contributed by atoms with van der Waals surface area (Å²) in [5.41, 5.74) is 0.983. The predicted molar refractivity (Wildman–Crippen MR) is 74.5 cm³/mol. The number of benzene rings is 1. The Kier molecular flexibility index (Phi) is 5.36. The van der Waals surface area contributed by atoms with Crippen molar-refractivity contribution in [2.45, 2.75) is 33.2 Å². The van der Waals surface area contributed by atoms with Crippen molar-refractivity contribution in [2.24, 2.45) is 0 Å². The summed E-state index contributed by atoms with van der Waals surface area (Å²) in [6.07, 6.45) is 0.862. The smallest absolute Gasteiger partial charge is 0.251 e. The Morgan fingerprint density at radius 2 is 2.05 bits per heavy atom. The number of hydrogen-bond donors (Lipinski definition) is 2. The van der Waals surface area contributed by atoms with Crippen molar-refractivity contribution >= 4 is 17.5 Å². The van der Waals surface area contributed by atoms with Gasteiger partial charge in [0, 0.05) is 18.5 Å². The molecule has 104 valence electrons. The number of carbonyl (C=O) groups excluding carboxylic acids is 2. The number of nitrogens with one attached hydrogen (secondary N) is 2. The van der Waals surface area contributed by atoms with E-state index in [-0.39, 0.29) is 17.9 Å². The lowest BCUT2D eigenvalue weighted by Crippen LogP contribution is -2.31. The molecule has 0 saturated heterocycles. The summed E-state index contributed by atoms with van der Waals surface area (Å²) >= 11 is 0. The second-order valence-electron chi connectivity index (χ2n) is 4.38. The largest absolute Gasteiger partial charge is 0.495 e. The highest BCUT2D eigenvalue weighted by molar-refractivity contribution is 5.98. The summed E-state index contributed by atoms with van der Waals surface area (Å²) in [6.45, 7) is 5.35. The lowest BCUT2D eigenvalue weighted by atomic mass is 10.1. The average Bonchev–Trinajstić information content (AvgIpc) is 2.37. The normalized spacial score (nSPS) is 11.6. The molecule has 0 heterocycles. The van der Waals surface area contributed by atoms with Crippen molar-refractivity contribution < 1.29 is 14.3 Å². The lowest BCUT2D eigenvalue weighted by Gasteiger charge is -2.14. The Hall–Kier alpha value is -2.04. The number of amides is 2. The molecule has 0 aliphatic heterocycles. The summed E-state index contributed by atoms with van der Waals surface area (Å²) < 4.78 is 5.14. The fourth-order valence-corrected chi connectivity index (χ4v) is 1.55. The first-order chi connectivity index (χ1) is 8.97. The third-order valence-electron chi connectivity index (χ3n) is 2.76. The van der Waals surface area contributed by atoms with Crippen LogP contribution in [0.4, 0.5) is 5.69 Å². The third kappa shape index (κ3) is 4.28. The van der Waals surface area contributed by atoms with E-state index < -0.39 is 0 Å². The zero-order chi connectivity index (χ0) is 14.4. The van der Waals surface area contributed by atoms with Crippen LogP contribution in [0.25, 0.3) is 0 Å². The molecule has 1 rings (SSSR count). The molecule has 0 aliphatic rings. The van der Waals surface area contributed by atoms with Crippen molar-refractivity contribution in [3.05, 3.63) is 23.8 Å². The van der Waals surface area contributed by atoms with E-state index in [1.807, 2.05) is 13.8 Å². The van der Waals surface area contributed by atoms with Gasteiger partial charge in [-0.2, -0.15) is 0 Å². The van der Waals surface area contributed by atoms with E-state index in [4.69, 9.17) is 4.74 Å². The lowest BCUT2D eigenvalue weighted by molar-refractivity contribution is -0.114. The Morgan fingerprint density at radius 1 is 1.37 bits per heavy atom. The molecule has 0 radical (unpaired) electrons. The second-order valence-corrected chi connectivity index (χ2v) is 4.38. The molecule has 1 aromatic carbocycles. The standard InChI is InChI=1S/C14H20N2O3/c1-5-9(2)15-14(18)11-6-7-13(19-4)12(8-11)16-10(3)17/h6-9H,5H2,1-4H3,(H,15,18)(H,16,17). The van der Waals surface area contributed by atoms with Gasteiger partial charge >= 0.3 is 0 Å². The highest BCUT2D eigenvalue weighted by Crippen LogP contribution is 2.25. The first-order valence-corrected chi connectivity index (χ1v) is 6.24. The van der Waals surface area contributed by atoms with Crippen molar-refractivity contribution in [2.75, 3.05) is 12.4 Å². The van der Waals surface area contributed by atoms with Crippen LogP contribution in [0.2, 0.25) is 0 Å². The van der Waals surface area contributed by atoms with Gasteiger partial charge in [0.05, 0.1) is 12.8 Å². The molecule has 5 heteroatoms. The molecule has 2 N–H and O–H groups in total. The minimum atomic E-state index is -0.210. The van der Waals surface area contributed by atoms with E-state index >= 15 is 0 Å². The van der Waals surface area contributed by atoms with E-state index in [2.05, 4.69) is 10.6 Å². The quantitative estimate of drug-likeness (QED) is 0.856. The van der Waals surface area contributed by atoms with E-state index in [9.17, 15) is 9.59 Å². The van der Waals surface area contributed by atoms with Crippen LogP contribution in [0.3, 0.4) is 0 Å². The number of rotatable bonds is 5. The molecule has 0 aromatic heterocycles. The first-order valence-electron chi connectivity index (χ1n) is 6.24. The Bertz CT molecular complexity index is 472. The van der Waals surface area contributed by atoms with Crippen LogP contribution >= 0.6 is 0 Å². The Balaban J connectivity index is 2.97. The van der Waals surface area contributed by atoms with Gasteiger partial charge in [-0.3, -0.25) is 9.59 Å². The summed E-state index contributed by atoms with van der Waals surface area (Å²) in [7, 11) is 1.51. The van der Waals surface area contributed by atoms with E-state index in [1.54, 1.807) is 18.2 Å². The SMILES string of the molecule is CCC(C)NC(=O)c1ccc(OC)c(NC(C)=O)c1. The van der Waals surface area contributed by atoms with Crippen molar-refractivity contribution in [3.8, 4) is 5.75 Å². The van der Waals surface area contributed by atoms with Gasteiger partial charge in [-0.1, -0.05) is 6.92 Å². The summed E-state index contributed by atoms with van der Waals surface area (Å²) in [6, 6.07) is 5.05. The molecule has 5 nitrogen and oxygen atoms in total. The van der Waals surface area contributed by atoms with Gasteiger partial charge in [0.1, 0.15) is 5.75 Å². The van der Waals surface area contributed by atoms with Crippen LogP contribution in [-0.4, -0.2) is 25.0 Å². The van der Waals surface area contributed by atoms with Crippen LogP contribution in [0.15, 0.2) is 18.2 Å². The molecule has 2 amide bonds. The fourth-order valence-electron chi connectivity index (χ4n) is 1.55. The van der Waals surface area contributed by atoms with Gasteiger partial charge in [-0.15, -0.1) is 0 Å². The number of anilines is 1. The molecule has 1 aromatic rings. The molecule has 0 saturated carbocycles. The van der Waals surface area contributed by atoms with E-state index in [1.165, 1.54) is 14.0 Å². The molecule has 1 unspecified atom stereocenters. The van der Waals surface area contributed by atoms with Gasteiger partial charge in [0.25, 0.3) is 5.91 Å². The van der Waals surface area contributed by atoms with Crippen molar-refractivity contribution in [3.63, 3.8) is 0 Å². The number of ether oxygens (including phenoxy) is 1. The topological polar surface area (TPSA) is 67.4 Å². The van der Waals surface area contributed by atoms with Gasteiger partial charge < -0.3 is 15.4 Å². The van der Waals surface area contributed by atoms with Gasteiger partial charge in [0.15, 0.2) is 0 Å². The fraction of sp³-hybridized carbons (Fsp3) is 0.429. The third-order valence-corrected chi connectivity index (χ3v) is 2.76. The Morgan fingerprint density at radius 3 is 2.58 bits per heavy atom. The summed E-state index contributed by atoms with van der Waals surface area (Å²) in [5.74, 6) is 0.150. The monoisotopic (exact) mass is 264 g/mol. The van der Waals surface area contributed by atoms with Crippen LogP contribution in [-0.2, 0) is 4.79 Å². The molecule has 0 fully saturated rings. The maximum atomic E-state index is 12.0. The zero-order valence-corrected chi connectivity index (χ0v) is 11.7. The minimum Gasteiger partial charge on any atom is -0.495 e. The number of hydrogen-bond acceptors (Lipinski definition) is 3. The molecule has 0 spiro atoms. The number of methoxy groups -OCH3 is 1. The first kappa shape index (κ1) is 15.0. The highest BCUT2D eigenvalue weighted by atomic mass is 16.5. The summed E-state index contributed by atoms with van der Waals surface area (Å²) in [5, 5.41) is 5.51. The highest BCUT2D eigenvalue weighted by Gasteiger charge is 2.12. The van der Waals surface area contributed by atoms with Crippen LogP contribution in [0.1, 0.15) is 37.6 Å². The minimum absolute atomic E-state index is 0.110.